The molecule has 0 bridgehead atoms. The highest BCUT2D eigenvalue weighted by atomic mass is 35.5. The second-order valence-electron chi connectivity index (χ2n) is 15.4. The lowest BCUT2D eigenvalue weighted by atomic mass is 9.99. The van der Waals surface area contributed by atoms with Gasteiger partial charge >= 0.3 is 5.97 Å². The summed E-state index contributed by atoms with van der Waals surface area (Å²) in [7, 11) is 0.396. The molecular weight excluding hydrogens is 908 g/mol. The highest BCUT2D eigenvalue weighted by Crippen LogP contribution is 2.33. The number of nitrogens with two attached hydrogens (primary N) is 1. The predicted octanol–water partition coefficient (Wildman–Crippen LogP) is 6.72. The van der Waals surface area contributed by atoms with E-state index in [4.69, 9.17) is 16.8 Å². The first-order chi connectivity index (χ1) is 31.7. The first-order valence-corrected chi connectivity index (χ1v) is 23.6. The van der Waals surface area contributed by atoms with Gasteiger partial charge in [0.2, 0.25) is 5.91 Å². The Morgan fingerprint density at radius 2 is 1.59 bits per heavy atom. The number of methoxy groups -OCH3 is 1. The first kappa shape index (κ1) is 50.9. The maximum atomic E-state index is 13.6. The Hall–Kier alpha value is -6.06. The third kappa shape index (κ3) is 14.5. The monoisotopic (exact) mass is 960 g/mol. The molecule has 1 aliphatic rings. The van der Waals surface area contributed by atoms with Crippen molar-refractivity contribution in [1.82, 2.24) is 14.5 Å². The maximum Gasteiger partial charge on any atom is 0.315 e. The number of esters is 1. The van der Waals surface area contributed by atoms with Gasteiger partial charge in [0.05, 0.1) is 28.3 Å². The second-order valence-corrected chi connectivity index (χ2v) is 18.6. The lowest BCUT2D eigenvalue weighted by Gasteiger charge is -2.37. The van der Waals surface area contributed by atoms with Crippen LogP contribution in [0.1, 0.15) is 28.8 Å². The molecule has 6 rings (SSSR count). The number of piperazine rings is 1. The molecule has 0 aliphatic carbocycles. The minimum Gasteiger partial charge on any atom is -0.469 e. The van der Waals surface area contributed by atoms with Crippen molar-refractivity contribution in [3.8, 4) is 11.1 Å². The van der Waals surface area contributed by atoms with Crippen LogP contribution in [0.2, 0.25) is 5.02 Å². The van der Waals surface area contributed by atoms with Crippen molar-refractivity contribution >= 4 is 73.9 Å². The minimum atomic E-state index is -4.63. The number of nitrogens with one attached hydrogen (secondary N) is 3. The van der Waals surface area contributed by atoms with E-state index in [1.54, 1.807) is 17.8 Å². The van der Waals surface area contributed by atoms with E-state index in [2.05, 4.69) is 38.3 Å². The van der Waals surface area contributed by atoms with Crippen molar-refractivity contribution in [2.75, 3.05) is 75.2 Å². The second kappa shape index (κ2) is 24.5. The molecule has 1 atom stereocenters. The van der Waals surface area contributed by atoms with Gasteiger partial charge in [0.15, 0.2) is 0 Å². The summed E-state index contributed by atoms with van der Waals surface area (Å²) in [5.41, 5.74) is 3.60. The van der Waals surface area contributed by atoms with Gasteiger partial charge in [-0.05, 0) is 98.3 Å². The number of ether oxygens (including phenoxy) is 1. The molecule has 350 valence electrons. The zero-order valence-electron chi connectivity index (χ0n) is 36.7. The fourth-order valence-corrected chi connectivity index (χ4v) is 9.26. The van der Waals surface area contributed by atoms with Crippen molar-refractivity contribution < 1.29 is 37.7 Å². The summed E-state index contributed by atoms with van der Waals surface area (Å²) in [5.74, 6) is 1.59. The molecule has 1 saturated heterocycles. The van der Waals surface area contributed by atoms with Crippen LogP contribution in [0.25, 0.3) is 11.1 Å². The molecule has 66 heavy (non-hydrogen) atoms. The van der Waals surface area contributed by atoms with Crippen LogP contribution >= 0.6 is 23.4 Å². The van der Waals surface area contributed by atoms with Crippen molar-refractivity contribution in [3.63, 3.8) is 0 Å². The average Bonchev–Trinajstić information content (AvgIpc) is 3.31. The van der Waals surface area contributed by atoms with Gasteiger partial charge in [0.25, 0.3) is 21.6 Å². The summed E-state index contributed by atoms with van der Waals surface area (Å²) in [6, 6.07) is 33.3. The summed E-state index contributed by atoms with van der Waals surface area (Å²) in [6.07, 6.45) is 0.0640. The zero-order valence-corrected chi connectivity index (χ0v) is 39.1. The number of carbonyl (C=O) groups is 3. The van der Waals surface area contributed by atoms with Gasteiger partial charge in [-0.3, -0.25) is 29.4 Å². The fraction of sp³-hybridized carbons (Fsp3) is 0.283. The third-order valence-electron chi connectivity index (χ3n) is 10.5. The van der Waals surface area contributed by atoms with Crippen LogP contribution < -0.4 is 26.2 Å². The zero-order chi connectivity index (χ0) is 47.8. The van der Waals surface area contributed by atoms with E-state index >= 15 is 0 Å². The molecule has 0 saturated carbocycles. The number of carbonyl (C=O) groups excluding carboxylic acids is 3. The Labute approximate surface area is 393 Å². The molecule has 20 heteroatoms. The molecule has 1 fully saturated rings. The van der Waals surface area contributed by atoms with E-state index in [0.717, 1.165) is 34.8 Å². The Morgan fingerprint density at radius 1 is 0.909 bits per heavy atom. The Morgan fingerprint density at radius 3 is 2.26 bits per heavy atom. The van der Waals surface area contributed by atoms with Gasteiger partial charge in [0.1, 0.15) is 12.1 Å². The number of halogens is 1. The normalized spacial score (nSPS) is 13.2. The minimum absolute atomic E-state index is 0.120. The van der Waals surface area contributed by atoms with Crippen LogP contribution in [-0.2, 0) is 30.9 Å². The number of rotatable bonds is 19. The van der Waals surface area contributed by atoms with Crippen LogP contribution in [0.15, 0.2) is 125 Å². The third-order valence-corrected chi connectivity index (χ3v) is 13.3. The quantitative estimate of drug-likeness (QED) is 0.0190. The molecule has 0 spiro atoms. The molecule has 1 aliphatic heterocycles. The summed E-state index contributed by atoms with van der Waals surface area (Å²) in [4.78, 5) is 57.1. The highest BCUT2D eigenvalue weighted by Gasteiger charge is 2.27. The lowest BCUT2D eigenvalue weighted by molar-refractivity contribution is -0.384. The molecule has 6 N–H and O–H groups in total. The molecule has 2 amide bonds. The van der Waals surface area contributed by atoms with Gasteiger partial charge in [-0.1, -0.05) is 66.2 Å². The van der Waals surface area contributed by atoms with E-state index < -0.39 is 49.7 Å². The number of thioether (sulfide) groups is 1. The summed E-state index contributed by atoms with van der Waals surface area (Å²) in [6.45, 7) is 3.82. The number of hydrogen-bond acceptors (Lipinski definition) is 15. The van der Waals surface area contributed by atoms with E-state index in [1.807, 2.05) is 95.3 Å². The molecule has 0 radical (unpaired) electrons. The van der Waals surface area contributed by atoms with Gasteiger partial charge in [-0.2, -0.15) is 0 Å². The van der Waals surface area contributed by atoms with Gasteiger partial charge in [0, 0.05) is 66.1 Å². The van der Waals surface area contributed by atoms with Crippen LogP contribution in [0.5, 0.6) is 0 Å². The Bertz CT molecular complexity index is 2560. The number of hydrogen-bond donors (Lipinski definition) is 5. The first-order valence-electron chi connectivity index (χ1n) is 20.7. The molecule has 5 aromatic carbocycles. The van der Waals surface area contributed by atoms with E-state index in [0.29, 0.717) is 62.2 Å². The van der Waals surface area contributed by atoms with E-state index in [1.165, 1.54) is 24.3 Å². The number of nitrogens with zero attached hydrogens (tertiary/aromatic N) is 4. The van der Waals surface area contributed by atoms with Crippen LogP contribution in [0.4, 0.5) is 22.7 Å². The average molecular weight is 962 g/mol. The molecule has 1 heterocycles. The fourth-order valence-electron chi connectivity index (χ4n) is 7.14. The Kier molecular flexibility index (Phi) is 18.9. The van der Waals surface area contributed by atoms with E-state index in [9.17, 15) is 32.9 Å². The van der Waals surface area contributed by atoms with Crippen molar-refractivity contribution in [2.45, 2.75) is 35.2 Å². The lowest BCUT2D eigenvalue weighted by Crippen LogP contribution is -2.46. The van der Waals surface area contributed by atoms with Crippen molar-refractivity contribution in [3.05, 3.63) is 142 Å². The number of benzene rings is 5. The number of nitro groups is 1. The smallest absolute Gasteiger partial charge is 0.315 e. The van der Waals surface area contributed by atoms with Gasteiger partial charge < -0.3 is 30.4 Å². The van der Waals surface area contributed by atoms with Crippen LogP contribution in [0, 0.1) is 10.1 Å². The number of nitro benzene ring substituents is 1. The number of sulfonamides is 1. The van der Waals surface area contributed by atoms with Crippen molar-refractivity contribution in [1.29, 1.82) is 0 Å². The summed E-state index contributed by atoms with van der Waals surface area (Å²) < 4.78 is 34.0. The molecule has 17 nitrogen and oxygen atoms in total. The topological polar surface area (TPSA) is 230 Å². The van der Waals surface area contributed by atoms with Crippen molar-refractivity contribution in [2.24, 2.45) is 5.90 Å². The molecule has 5 aromatic rings. The summed E-state index contributed by atoms with van der Waals surface area (Å²) in [5, 5.41) is 25.4. The maximum absolute atomic E-state index is 13.6. The Balaban J connectivity index is 0.00000403. The van der Waals surface area contributed by atoms with Crippen LogP contribution in [0.3, 0.4) is 0 Å². The predicted molar refractivity (Wildman–Crippen MR) is 258 cm³/mol. The van der Waals surface area contributed by atoms with Gasteiger partial charge in [-0.15, -0.1) is 11.8 Å². The van der Waals surface area contributed by atoms with E-state index in [-0.39, 0.29) is 23.0 Å². The standard InChI is InChI=1S/C46H50ClN7O8S2.H3NO/c1-51(2)22-21-36(31-63-37-10-5-4-6-11-37)48-40-19-18-38(28-43(40)54(58)59)64(60,61)50-46(57)33-15-20-42(41(27-33)49-44(55)29-45(56)62-3)53-25-23-52(24-26-53)30-34-9-7-8-12-39(34)32-13-16-35(47)17-14-32;1-2/h4-20,27-28,36,48H,21-26,29-31H2,1-3H3,(H,49,55)(H,50,57);2H,1H2/t36-;/m1./s1. The number of amides is 2. The number of anilines is 3. The summed E-state index contributed by atoms with van der Waals surface area (Å²) >= 11 is 7.73. The SMILES string of the molecule is COC(=O)CC(=O)Nc1cc(C(=O)NS(=O)(=O)c2ccc(N[C@H](CCN(C)C)CSc3ccccc3)c([N+](=O)[O-])c2)ccc1N1CCN(Cc2ccccc2-c2ccc(Cl)cc2)CC1.NO. The largest absolute Gasteiger partial charge is 0.469 e. The molecule has 0 unspecified atom stereocenters. The van der Waals surface area contributed by atoms with Gasteiger partial charge in [-0.25, -0.2) is 19.0 Å². The molecule has 0 aromatic heterocycles. The highest BCUT2D eigenvalue weighted by molar-refractivity contribution is 7.99. The van der Waals surface area contributed by atoms with Crippen LogP contribution in [-0.4, -0.2) is 112 Å². The molecular formula is C46H53ClN8O9S2.